The van der Waals surface area contributed by atoms with Crippen LogP contribution in [0.4, 0.5) is 0 Å². The number of hydrogen-bond acceptors (Lipinski definition) is 0. The van der Waals surface area contributed by atoms with Crippen LogP contribution in [0.2, 0.25) is 0 Å². The van der Waals surface area contributed by atoms with Crippen molar-refractivity contribution in [3.05, 3.63) is 24.3 Å². The third-order valence-corrected chi connectivity index (χ3v) is 1.87. The van der Waals surface area contributed by atoms with Gasteiger partial charge in [0.2, 0.25) is 0 Å². The lowest BCUT2D eigenvalue weighted by Gasteiger charge is -1.90. The molecule has 12 heavy (non-hydrogen) atoms. The molecule has 0 N–H and O–H groups in total. The minimum Gasteiger partial charge on any atom is -0.0917 e. The highest BCUT2D eigenvalue weighted by Crippen LogP contribution is 2.00. The summed E-state index contributed by atoms with van der Waals surface area (Å²) in [6.07, 6.45) is 16.7. The van der Waals surface area contributed by atoms with Gasteiger partial charge in [-0.05, 0) is 32.6 Å². The Morgan fingerprint density at radius 1 is 0.833 bits per heavy atom. The van der Waals surface area contributed by atoms with Crippen LogP contribution in [0.3, 0.4) is 0 Å². The van der Waals surface area contributed by atoms with Gasteiger partial charge in [-0.25, -0.2) is 0 Å². The lowest BCUT2D eigenvalue weighted by atomic mass is 10.2. The zero-order chi connectivity index (χ0) is 9.07. The van der Waals surface area contributed by atoms with Crippen LogP contribution in [0.5, 0.6) is 0 Å². The van der Waals surface area contributed by atoms with Crippen molar-refractivity contribution in [2.75, 3.05) is 0 Å². The fourth-order valence-electron chi connectivity index (χ4n) is 1.08. The van der Waals surface area contributed by atoms with Crippen molar-refractivity contribution in [2.24, 2.45) is 0 Å². The van der Waals surface area contributed by atoms with E-state index in [1.807, 2.05) is 0 Å². The fraction of sp³-hybridized carbons (Fsp3) is 0.667. The largest absolute Gasteiger partial charge is 0.0917 e. The smallest absolute Gasteiger partial charge is 0.0348 e. The van der Waals surface area contributed by atoms with E-state index in [9.17, 15) is 0 Å². The average molecular weight is 166 g/mol. The Morgan fingerprint density at radius 2 is 1.42 bits per heavy atom. The van der Waals surface area contributed by atoms with E-state index in [0.717, 1.165) is 0 Å². The van der Waals surface area contributed by atoms with Crippen molar-refractivity contribution in [3.63, 3.8) is 0 Å². The van der Waals surface area contributed by atoms with Crippen LogP contribution in [-0.2, 0) is 0 Å². The van der Waals surface area contributed by atoms with Gasteiger partial charge in [-0.15, -0.1) is 0 Å². The summed E-state index contributed by atoms with van der Waals surface area (Å²) in [5.41, 5.74) is 0. The van der Waals surface area contributed by atoms with E-state index in [-0.39, 0.29) is 0 Å². The van der Waals surface area contributed by atoms with Crippen LogP contribution in [0, 0.1) is 0 Å². The molecule has 0 nitrogen and oxygen atoms in total. The Balaban J connectivity index is 3.02. The molecule has 0 atom stereocenters. The van der Waals surface area contributed by atoms with E-state index < -0.39 is 0 Å². The van der Waals surface area contributed by atoms with Gasteiger partial charge in [-0.1, -0.05) is 44.1 Å². The maximum atomic E-state index is 2.32. The van der Waals surface area contributed by atoms with Crippen molar-refractivity contribution < 1.29 is 0 Å². The second kappa shape index (κ2) is 10.5. The zero-order valence-corrected chi connectivity index (χ0v) is 8.55. The summed E-state index contributed by atoms with van der Waals surface area (Å²) in [5.74, 6) is 0. The van der Waals surface area contributed by atoms with Crippen molar-refractivity contribution in [3.8, 4) is 0 Å². The SMILES string of the molecule is C/C=C/CCC/C=C/CCCC. The van der Waals surface area contributed by atoms with Crippen molar-refractivity contribution in [2.45, 2.75) is 52.4 Å². The summed E-state index contributed by atoms with van der Waals surface area (Å²) < 4.78 is 0. The van der Waals surface area contributed by atoms with Gasteiger partial charge < -0.3 is 0 Å². The van der Waals surface area contributed by atoms with E-state index in [4.69, 9.17) is 0 Å². The van der Waals surface area contributed by atoms with E-state index in [1.54, 1.807) is 0 Å². The molecule has 0 aromatic rings. The number of unbranched alkanes of at least 4 members (excludes halogenated alkanes) is 4. The molecule has 0 heteroatoms. The second-order valence-corrected chi connectivity index (χ2v) is 3.11. The van der Waals surface area contributed by atoms with Crippen molar-refractivity contribution in [1.82, 2.24) is 0 Å². The summed E-state index contributed by atoms with van der Waals surface area (Å²) in [5, 5.41) is 0. The van der Waals surface area contributed by atoms with Crippen LogP contribution < -0.4 is 0 Å². The van der Waals surface area contributed by atoms with Gasteiger partial charge in [-0.2, -0.15) is 0 Å². The lowest BCUT2D eigenvalue weighted by molar-refractivity contribution is 0.805. The molecular formula is C12H22. The van der Waals surface area contributed by atoms with Crippen molar-refractivity contribution >= 4 is 0 Å². The molecule has 0 aromatic heterocycles. The molecule has 0 aliphatic rings. The molecule has 0 aromatic carbocycles. The van der Waals surface area contributed by atoms with Crippen LogP contribution in [0.1, 0.15) is 52.4 Å². The molecular weight excluding hydrogens is 144 g/mol. The van der Waals surface area contributed by atoms with Gasteiger partial charge in [0, 0.05) is 0 Å². The first kappa shape index (κ1) is 11.5. The molecule has 70 valence electrons. The number of rotatable bonds is 7. The highest BCUT2D eigenvalue weighted by Gasteiger charge is 1.80. The summed E-state index contributed by atoms with van der Waals surface area (Å²) in [6, 6.07) is 0. The van der Waals surface area contributed by atoms with Crippen LogP contribution >= 0.6 is 0 Å². The monoisotopic (exact) mass is 166 g/mol. The van der Waals surface area contributed by atoms with Crippen LogP contribution in [-0.4, -0.2) is 0 Å². The third-order valence-electron chi connectivity index (χ3n) is 1.87. The van der Waals surface area contributed by atoms with Gasteiger partial charge in [0.1, 0.15) is 0 Å². The predicted molar refractivity (Wildman–Crippen MR) is 57.3 cm³/mol. The first-order chi connectivity index (χ1) is 5.91. The summed E-state index contributed by atoms with van der Waals surface area (Å²) >= 11 is 0. The molecule has 0 saturated carbocycles. The predicted octanol–water partition coefficient (Wildman–Crippen LogP) is 4.48. The Bertz CT molecular complexity index is 120. The third kappa shape index (κ3) is 9.48. The van der Waals surface area contributed by atoms with E-state index in [0.29, 0.717) is 0 Å². The molecule has 0 amide bonds. The molecule has 0 heterocycles. The Morgan fingerprint density at radius 3 is 2.00 bits per heavy atom. The Kier molecular flexibility index (Phi) is 10.0. The molecule has 0 radical (unpaired) electrons. The lowest BCUT2D eigenvalue weighted by Crippen LogP contribution is -1.70. The number of hydrogen-bond donors (Lipinski definition) is 0. The first-order valence-corrected chi connectivity index (χ1v) is 5.18. The summed E-state index contributed by atoms with van der Waals surface area (Å²) in [7, 11) is 0. The normalized spacial score (nSPS) is 11.8. The molecule has 0 fully saturated rings. The van der Waals surface area contributed by atoms with Gasteiger partial charge in [0.15, 0.2) is 0 Å². The Hall–Kier alpha value is -0.520. The number of allylic oxidation sites excluding steroid dienone is 4. The highest BCUT2D eigenvalue weighted by atomic mass is 13.9. The van der Waals surface area contributed by atoms with E-state index in [2.05, 4.69) is 38.2 Å². The summed E-state index contributed by atoms with van der Waals surface area (Å²) in [6.45, 7) is 4.32. The minimum absolute atomic E-state index is 1.23. The Labute approximate surface area is 77.4 Å². The van der Waals surface area contributed by atoms with Crippen LogP contribution in [0.15, 0.2) is 24.3 Å². The highest BCUT2D eigenvalue weighted by molar-refractivity contribution is 4.83. The quantitative estimate of drug-likeness (QED) is 0.386. The topological polar surface area (TPSA) is 0 Å². The van der Waals surface area contributed by atoms with Gasteiger partial charge >= 0.3 is 0 Å². The molecule has 0 saturated heterocycles. The molecule has 0 bridgehead atoms. The van der Waals surface area contributed by atoms with Crippen molar-refractivity contribution in [1.29, 1.82) is 0 Å². The standard InChI is InChI=1S/C12H22/c1-3-5-7-9-11-12-10-8-6-4-2/h3,5,10,12H,4,6-9,11H2,1-2H3/b5-3+,12-10+. The fourth-order valence-corrected chi connectivity index (χ4v) is 1.08. The minimum atomic E-state index is 1.23. The maximum Gasteiger partial charge on any atom is -0.0348 e. The molecule has 0 spiro atoms. The van der Waals surface area contributed by atoms with Gasteiger partial charge in [0.05, 0.1) is 0 Å². The van der Waals surface area contributed by atoms with Gasteiger partial charge in [0.25, 0.3) is 0 Å². The summed E-state index contributed by atoms with van der Waals surface area (Å²) in [4.78, 5) is 0. The second-order valence-electron chi connectivity index (χ2n) is 3.11. The molecule has 0 rings (SSSR count). The first-order valence-electron chi connectivity index (χ1n) is 5.18. The molecule has 0 unspecified atom stereocenters. The average Bonchev–Trinajstić information content (AvgIpc) is 2.10. The van der Waals surface area contributed by atoms with E-state index >= 15 is 0 Å². The molecule has 0 aliphatic carbocycles. The van der Waals surface area contributed by atoms with Gasteiger partial charge in [-0.3, -0.25) is 0 Å². The van der Waals surface area contributed by atoms with E-state index in [1.165, 1.54) is 38.5 Å². The molecule has 0 aliphatic heterocycles. The zero-order valence-electron chi connectivity index (χ0n) is 8.55. The van der Waals surface area contributed by atoms with Crippen LogP contribution in [0.25, 0.3) is 0 Å². The maximum absolute atomic E-state index is 2.32.